The van der Waals surface area contributed by atoms with Crippen LogP contribution in [0.5, 0.6) is 0 Å². The standard InChI is InChI=1S/C15H24FN3/c1-4-17-9-13-8-14(16)10-18-15(13)19-6-5-11(2)7-12(19)3/h8,10-12,17H,4-7,9H2,1-3H3. The molecular formula is C15H24FN3. The number of anilines is 1. The van der Waals surface area contributed by atoms with Gasteiger partial charge in [-0.2, -0.15) is 0 Å². The topological polar surface area (TPSA) is 28.2 Å². The molecule has 2 atom stereocenters. The van der Waals surface area contributed by atoms with Crippen molar-refractivity contribution in [3.05, 3.63) is 23.6 Å². The molecule has 3 nitrogen and oxygen atoms in total. The first-order valence-corrected chi connectivity index (χ1v) is 7.23. The molecule has 1 fully saturated rings. The van der Waals surface area contributed by atoms with Crippen molar-refractivity contribution in [3.63, 3.8) is 0 Å². The molecule has 1 aliphatic rings. The Bertz CT molecular complexity index is 422. The van der Waals surface area contributed by atoms with E-state index in [4.69, 9.17) is 0 Å². The van der Waals surface area contributed by atoms with E-state index in [1.54, 1.807) is 6.07 Å². The second-order valence-electron chi connectivity index (χ2n) is 5.59. The lowest BCUT2D eigenvalue weighted by Crippen LogP contribution is -2.41. The zero-order chi connectivity index (χ0) is 13.8. The van der Waals surface area contributed by atoms with Gasteiger partial charge in [-0.15, -0.1) is 0 Å². The van der Waals surface area contributed by atoms with Crippen molar-refractivity contribution in [2.45, 2.75) is 46.2 Å². The summed E-state index contributed by atoms with van der Waals surface area (Å²) in [5.74, 6) is 1.46. The van der Waals surface area contributed by atoms with Crippen LogP contribution in [0.25, 0.3) is 0 Å². The fourth-order valence-electron chi connectivity index (χ4n) is 2.84. The smallest absolute Gasteiger partial charge is 0.141 e. The van der Waals surface area contributed by atoms with Crippen LogP contribution in [0.3, 0.4) is 0 Å². The van der Waals surface area contributed by atoms with Gasteiger partial charge in [-0.3, -0.25) is 0 Å². The maximum atomic E-state index is 13.4. The van der Waals surface area contributed by atoms with Crippen LogP contribution in [0.2, 0.25) is 0 Å². The van der Waals surface area contributed by atoms with Gasteiger partial charge in [0.25, 0.3) is 0 Å². The molecule has 19 heavy (non-hydrogen) atoms. The zero-order valence-electron chi connectivity index (χ0n) is 12.1. The predicted molar refractivity (Wildman–Crippen MR) is 76.8 cm³/mol. The van der Waals surface area contributed by atoms with Crippen LogP contribution in [0.4, 0.5) is 10.2 Å². The molecule has 2 unspecified atom stereocenters. The van der Waals surface area contributed by atoms with Crippen molar-refractivity contribution in [3.8, 4) is 0 Å². The van der Waals surface area contributed by atoms with Crippen molar-refractivity contribution in [2.75, 3.05) is 18.0 Å². The second-order valence-corrected chi connectivity index (χ2v) is 5.59. The number of pyridine rings is 1. The summed E-state index contributed by atoms with van der Waals surface area (Å²) >= 11 is 0. The van der Waals surface area contributed by atoms with Crippen LogP contribution in [0, 0.1) is 11.7 Å². The first kappa shape index (κ1) is 14.3. The van der Waals surface area contributed by atoms with Crippen molar-refractivity contribution < 1.29 is 4.39 Å². The molecule has 0 bridgehead atoms. The molecule has 4 heteroatoms. The van der Waals surface area contributed by atoms with Crippen LogP contribution in [-0.4, -0.2) is 24.1 Å². The van der Waals surface area contributed by atoms with E-state index in [1.807, 2.05) is 0 Å². The highest BCUT2D eigenvalue weighted by Crippen LogP contribution is 2.28. The largest absolute Gasteiger partial charge is 0.354 e. The monoisotopic (exact) mass is 265 g/mol. The Hall–Kier alpha value is -1.16. The number of hydrogen-bond acceptors (Lipinski definition) is 3. The molecule has 106 valence electrons. The number of nitrogens with one attached hydrogen (secondary N) is 1. The Morgan fingerprint density at radius 1 is 1.47 bits per heavy atom. The highest BCUT2D eigenvalue weighted by molar-refractivity contribution is 5.48. The molecule has 0 aromatic carbocycles. The van der Waals surface area contributed by atoms with Gasteiger partial charge in [-0.25, -0.2) is 9.37 Å². The molecule has 0 radical (unpaired) electrons. The van der Waals surface area contributed by atoms with E-state index in [2.05, 4.69) is 36.0 Å². The molecule has 1 aromatic heterocycles. The van der Waals surface area contributed by atoms with Gasteiger partial charge in [-0.1, -0.05) is 13.8 Å². The van der Waals surface area contributed by atoms with Crippen molar-refractivity contribution in [1.29, 1.82) is 0 Å². The second kappa shape index (κ2) is 6.33. The van der Waals surface area contributed by atoms with E-state index >= 15 is 0 Å². The zero-order valence-corrected chi connectivity index (χ0v) is 12.1. The van der Waals surface area contributed by atoms with Crippen molar-refractivity contribution in [2.24, 2.45) is 5.92 Å². The van der Waals surface area contributed by atoms with Gasteiger partial charge in [0.2, 0.25) is 0 Å². The van der Waals surface area contributed by atoms with E-state index in [0.717, 1.165) is 30.4 Å². The third-order valence-electron chi connectivity index (χ3n) is 3.89. The normalized spacial score (nSPS) is 23.7. The highest BCUT2D eigenvalue weighted by atomic mass is 19.1. The van der Waals surface area contributed by atoms with Gasteiger partial charge >= 0.3 is 0 Å². The SMILES string of the molecule is CCNCc1cc(F)cnc1N1CCC(C)CC1C. The minimum atomic E-state index is -0.255. The minimum absolute atomic E-state index is 0.255. The van der Waals surface area contributed by atoms with Gasteiger partial charge in [0.15, 0.2) is 0 Å². The lowest BCUT2D eigenvalue weighted by molar-refractivity contribution is 0.375. The number of piperidine rings is 1. The summed E-state index contributed by atoms with van der Waals surface area (Å²) in [5, 5.41) is 3.26. The predicted octanol–water partition coefficient (Wildman–Crippen LogP) is 2.96. The van der Waals surface area contributed by atoms with Gasteiger partial charge in [0, 0.05) is 24.7 Å². The summed E-state index contributed by atoms with van der Waals surface area (Å²) in [6.07, 6.45) is 3.69. The molecule has 1 N–H and O–H groups in total. The highest BCUT2D eigenvalue weighted by Gasteiger charge is 2.25. The van der Waals surface area contributed by atoms with E-state index in [9.17, 15) is 4.39 Å². The molecule has 0 spiro atoms. The van der Waals surface area contributed by atoms with E-state index in [0.29, 0.717) is 12.6 Å². The Balaban J connectivity index is 2.22. The summed E-state index contributed by atoms with van der Waals surface area (Å²) in [5.41, 5.74) is 0.961. The number of rotatable bonds is 4. The lowest BCUT2D eigenvalue weighted by atomic mass is 9.93. The van der Waals surface area contributed by atoms with Gasteiger partial charge in [0.1, 0.15) is 11.6 Å². The summed E-state index contributed by atoms with van der Waals surface area (Å²) in [6, 6.07) is 2.08. The summed E-state index contributed by atoms with van der Waals surface area (Å²) in [4.78, 5) is 6.67. The Morgan fingerprint density at radius 2 is 2.26 bits per heavy atom. The van der Waals surface area contributed by atoms with E-state index in [1.165, 1.54) is 19.0 Å². The third kappa shape index (κ3) is 3.44. The van der Waals surface area contributed by atoms with Gasteiger partial charge in [0.05, 0.1) is 6.20 Å². The summed E-state index contributed by atoms with van der Waals surface area (Å²) in [6.45, 7) is 9.15. The fourth-order valence-corrected chi connectivity index (χ4v) is 2.84. The van der Waals surface area contributed by atoms with E-state index < -0.39 is 0 Å². The molecule has 1 aromatic rings. The first-order valence-electron chi connectivity index (χ1n) is 7.23. The van der Waals surface area contributed by atoms with Crippen LogP contribution in [-0.2, 0) is 6.54 Å². The average Bonchev–Trinajstić information content (AvgIpc) is 2.37. The molecule has 1 saturated heterocycles. The number of hydrogen-bond donors (Lipinski definition) is 1. The van der Waals surface area contributed by atoms with Crippen LogP contribution in [0.1, 0.15) is 39.2 Å². The molecule has 2 rings (SSSR count). The Morgan fingerprint density at radius 3 is 2.95 bits per heavy atom. The number of halogens is 1. The van der Waals surface area contributed by atoms with Crippen molar-refractivity contribution >= 4 is 5.82 Å². The maximum Gasteiger partial charge on any atom is 0.141 e. The van der Waals surface area contributed by atoms with Gasteiger partial charge in [-0.05, 0) is 38.3 Å². The number of aromatic nitrogens is 1. The molecule has 2 heterocycles. The quantitative estimate of drug-likeness (QED) is 0.907. The van der Waals surface area contributed by atoms with Gasteiger partial charge < -0.3 is 10.2 Å². The lowest BCUT2D eigenvalue weighted by Gasteiger charge is -2.38. The third-order valence-corrected chi connectivity index (χ3v) is 3.89. The first-order chi connectivity index (χ1) is 9.11. The van der Waals surface area contributed by atoms with Crippen LogP contribution in [0.15, 0.2) is 12.3 Å². The molecule has 0 aliphatic carbocycles. The van der Waals surface area contributed by atoms with Crippen molar-refractivity contribution in [1.82, 2.24) is 10.3 Å². The molecular weight excluding hydrogens is 241 g/mol. The molecule has 1 aliphatic heterocycles. The molecule has 0 amide bonds. The van der Waals surface area contributed by atoms with Crippen LogP contribution < -0.4 is 10.2 Å². The Kier molecular flexibility index (Phi) is 4.75. The molecule has 0 saturated carbocycles. The summed E-state index contributed by atoms with van der Waals surface area (Å²) < 4.78 is 13.4. The average molecular weight is 265 g/mol. The van der Waals surface area contributed by atoms with Crippen LogP contribution >= 0.6 is 0 Å². The minimum Gasteiger partial charge on any atom is -0.354 e. The summed E-state index contributed by atoms with van der Waals surface area (Å²) in [7, 11) is 0. The van der Waals surface area contributed by atoms with E-state index in [-0.39, 0.29) is 5.82 Å². The number of nitrogens with zero attached hydrogens (tertiary/aromatic N) is 2. The Labute approximate surface area is 115 Å². The fraction of sp³-hybridized carbons (Fsp3) is 0.667. The maximum absolute atomic E-state index is 13.4.